The number of aliphatic imine (C=N–C) groups is 1. The largest absolute Gasteiger partial charge is 0.506 e. The third kappa shape index (κ3) is 34.9. The number of ether oxygens (including phenoxy) is 6. The number of aromatic nitrogens is 2. The SMILES string of the molecule is CCCCCCCCCCCCOc1ccc(-c2nc3ccc(C(=O)Oc4ccc(C=Nc5ccc(OCCCCCCCC)cc5O)cc4)cc3nc2-c2ccc(OCCCCCCCCCCCC)c(OCCCCCCCCCCCC)c2)cc1OCCCCCCCCCCCC. The Kier molecular flexibility index (Phi) is 44.6. The molecule has 101 heavy (non-hydrogen) atoms. The highest BCUT2D eigenvalue weighted by molar-refractivity contribution is 5.96. The standard InChI is InChI=1S/C90H135N3O8/c1-6-11-16-21-26-30-34-38-43-48-65-97-84-62-55-75(70-86(84)99-67-50-45-40-36-32-28-23-18-13-8-3)88-89(76-56-63-85(98-66-49-44-39-35-31-27-22-17-12-7-2)87(71-76)100-68-51-46-41-37-33-29-24-19-14-9-4)93-82-69-77(54-60-80(82)92-88)90(95)101-78-57-52-74(53-58-78)73-91-81-61-59-79(72-83(81)94)96-64-47-42-25-20-15-10-5/h52-63,69-73,94H,6-51,64-68H2,1-5H3. The van der Waals surface area contributed by atoms with Crippen molar-refractivity contribution in [2.24, 2.45) is 4.99 Å². The molecule has 0 atom stereocenters. The molecule has 0 aliphatic carbocycles. The summed E-state index contributed by atoms with van der Waals surface area (Å²) in [4.78, 5) is 29.6. The summed E-state index contributed by atoms with van der Waals surface area (Å²) in [7, 11) is 0. The van der Waals surface area contributed by atoms with E-state index >= 15 is 0 Å². The number of unbranched alkanes of at least 4 members (excludes halogenated alkanes) is 41. The molecular weight excluding hydrogens is 1250 g/mol. The van der Waals surface area contributed by atoms with Crippen LogP contribution in [0.3, 0.4) is 0 Å². The highest BCUT2D eigenvalue weighted by atomic mass is 16.5. The number of fused-ring (bicyclic) bond motifs is 1. The molecule has 0 saturated carbocycles. The Morgan fingerprint density at radius 2 is 0.673 bits per heavy atom. The maximum absolute atomic E-state index is 14.1. The maximum Gasteiger partial charge on any atom is 0.343 e. The van der Waals surface area contributed by atoms with Crippen LogP contribution in [0.25, 0.3) is 33.5 Å². The number of hydrogen-bond donors (Lipinski definition) is 1. The lowest BCUT2D eigenvalue weighted by Gasteiger charge is -2.17. The average Bonchev–Trinajstić information content (AvgIpc) is 0.776. The first kappa shape index (κ1) is 83.3. The van der Waals surface area contributed by atoms with E-state index < -0.39 is 5.97 Å². The topological polar surface area (TPSA) is 131 Å². The van der Waals surface area contributed by atoms with Gasteiger partial charge in [-0.25, -0.2) is 14.8 Å². The molecule has 0 unspecified atom stereocenters. The number of rotatable bonds is 62. The Balaban J connectivity index is 1.25. The molecule has 11 heteroatoms. The van der Waals surface area contributed by atoms with Crippen LogP contribution in [-0.4, -0.2) is 60.3 Å². The molecule has 0 aliphatic rings. The minimum atomic E-state index is -0.520. The average molecular weight is 1390 g/mol. The molecule has 0 aliphatic heterocycles. The number of hydrogen-bond acceptors (Lipinski definition) is 11. The monoisotopic (exact) mass is 1390 g/mol. The van der Waals surface area contributed by atoms with E-state index in [0.29, 0.717) is 89.7 Å². The molecule has 558 valence electrons. The van der Waals surface area contributed by atoms with Crippen molar-refractivity contribution in [2.75, 3.05) is 33.0 Å². The molecule has 0 saturated heterocycles. The van der Waals surface area contributed by atoms with Crippen molar-refractivity contribution in [1.82, 2.24) is 9.97 Å². The molecule has 0 radical (unpaired) electrons. The highest BCUT2D eigenvalue weighted by Crippen LogP contribution is 2.41. The summed E-state index contributed by atoms with van der Waals surface area (Å²) >= 11 is 0. The van der Waals surface area contributed by atoms with Crippen molar-refractivity contribution in [3.63, 3.8) is 0 Å². The van der Waals surface area contributed by atoms with Gasteiger partial charge in [-0.2, -0.15) is 0 Å². The molecule has 6 aromatic rings. The molecule has 1 N–H and O–H groups in total. The number of aromatic hydroxyl groups is 1. The summed E-state index contributed by atoms with van der Waals surface area (Å²) in [5, 5.41) is 10.8. The first-order chi connectivity index (χ1) is 49.8. The van der Waals surface area contributed by atoms with E-state index in [4.69, 9.17) is 38.4 Å². The lowest BCUT2D eigenvalue weighted by molar-refractivity contribution is 0.0734. The zero-order valence-corrected chi connectivity index (χ0v) is 64.0. The molecule has 1 aromatic heterocycles. The predicted molar refractivity (Wildman–Crippen MR) is 425 cm³/mol. The van der Waals surface area contributed by atoms with Crippen LogP contribution < -0.4 is 28.4 Å². The molecule has 0 amide bonds. The van der Waals surface area contributed by atoms with Crippen LogP contribution >= 0.6 is 0 Å². The fourth-order valence-electron chi connectivity index (χ4n) is 13.2. The lowest BCUT2D eigenvalue weighted by atomic mass is 10.0. The van der Waals surface area contributed by atoms with E-state index in [2.05, 4.69) is 69.9 Å². The quantitative estimate of drug-likeness (QED) is 0.0170. The summed E-state index contributed by atoms with van der Waals surface area (Å²) in [6.45, 7) is 14.4. The predicted octanol–water partition coefficient (Wildman–Crippen LogP) is 27.6. The molecule has 6 rings (SSSR count). The van der Waals surface area contributed by atoms with E-state index in [1.54, 1.807) is 42.6 Å². The zero-order chi connectivity index (χ0) is 71.3. The van der Waals surface area contributed by atoms with Gasteiger partial charge in [-0.1, -0.05) is 298 Å². The zero-order valence-electron chi connectivity index (χ0n) is 64.0. The smallest absolute Gasteiger partial charge is 0.343 e. The minimum absolute atomic E-state index is 0.0458. The second-order valence-electron chi connectivity index (χ2n) is 28.6. The van der Waals surface area contributed by atoms with Gasteiger partial charge in [-0.15, -0.1) is 0 Å². The van der Waals surface area contributed by atoms with Crippen LogP contribution in [0.4, 0.5) is 5.69 Å². The molecule has 1 heterocycles. The molecule has 0 spiro atoms. The fraction of sp³-hybridized carbons (Fsp3) is 0.622. The first-order valence-corrected chi connectivity index (χ1v) is 41.3. The van der Waals surface area contributed by atoms with Gasteiger partial charge in [0.15, 0.2) is 23.0 Å². The van der Waals surface area contributed by atoms with Gasteiger partial charge in [0.2, 0.25) is 0 Å². The summed E-state index contributed by atoms with van der Waals surface area (Å²) in [6.07, 6.45) is 59.1. The summed E-state index contributed by atoms with van der Waals surface area (Å²) in [6, 6.07) is 30.2. The third-order valence-electron chi connectivity index (χ3n) is 19.5. The van der Waals surface area contributed by atoms with Gasteiger partial charge in [0.05, 0.1) is 61.0 Å². The van der Waals surface area contributed by atoms with E-state index in [9.17, 15) is 9.90 Å². The fourth-order valence-corrected chi connectivity index (χ4v) is 13.2. The van der Waals surface area contributed by atoms with Crippen molar-refractivity contribution in [1.29, 1.82) is 0 Å². The summed E-state index contributed by atoms with van der Waals surface area (Å²) < 4.78 is 38.7. The Hall–Kier alpha value is -6.62. The maximum atomic E-state index is 14.1. The van der Waals surface area contributed by atoms with Crippen molar-refractivity contribution in [3.05, 3.63) is 108 Å². The molecule has 11 nitrogen and oxygen atoms in total. The Morgan fingerprint density at radius 1 is 0.337 bits per heavy atom. The molecule has 0 bridgehead atoms. The first-order valence-electron chi connectivity index (χ1n) is 41.3. The van der Waals surface area contributed by atoms with E-state index in [1.807, 2.05) is 30.3 Å². The van der Waals surface area contributed by atoms with Crippen LogP contribution in [0.1, 0.15) is 346 Å². The number of benzene rings is 5. The van der Waals surface area contributed by atoms with Gasteiger partial charge < -0.3 is 33.5 Å². The lowest BCUT2D eigenvalue weighted by Crippen LogP contribution is -2.09. The number of phenolic OH excluding ortho intramolecular Hbond substituents is 1. The Bertz CT molecular complexity index is 3140. The number of carbonyl (C=O) groups excluding carboxylic acids is 1. The van der Waals surface area contributed by atoms with Crippen LogP contribution in [0.2, 0.25) is 0 Å². The van der Waals surface area contributed by atoms with Crippen molar-refractivity contribution in [2.45, 2.75) is 330 Å². The van der Waals surface area contributed by atoms with Crippen LogP contribution in [0.15, 0.2) is 102 Å². The van der Waals surface area contributed by atoms with Gasteiger partial charge in [0, 0.05) is 23.4 Å². The molecule has 5 aromatic carbocycles. The van der Waals surface area contributed by atoms with E-state index in [0.717, 1.165) is 92.4 Å². The van der Waals surface area contributed by atoms with Crippen molar-refractivity contribution < 1.29 is 38.3 Å². The summed E-state index contributed by atoms with van der Waals surface area (Å²) in [5.41, 5.74) is 5.73. The van der Waals surface area contributed by atoms with Crippen molar-refractivity contribution >= 4 is 28.9 Å². The molecule has 0 fully saturated rings. The molecular formula is C90H135N3O8. The number of esters is 1. The minimum Gasteiger partial charge on any atom is -0.506 e. The van der Waals surface area contributed by atoms with E-state index in [-0.39, 0.29) is 5.75 Å². The van der Waals surface area contributed by atoms with Crippen LogP contribution in [-0.2, 0) is 0 Å². The van der Waals surface area contributed by atoms with Gasteiger partial charge >= 0.3 is 5.97 Å². The number of nitrogens with zero attached hydrogens (tertiary/aromatic N) is 3. The second-order valence-corrected chi connectivity index (χ2v) is 28.6. The summed E-state index contributed by atoms with van der Waals surface area (Å²) in [5.74, 6) is 3.42. The number of carbonyl (C=O) groups is 1. The number of phenols is 1. The van der Waals surface area contributed by atoms with Crippen LogP contribution in [0, 0.1) is 0 Å². The normalized spacial score (nSPS) is 11.5. The van der Waals surface area contributed by atoms with Crippen molar-refractivity contribution in [3.8, 4) is 62.8 Å². The van der Waals surface area contributed by atoms with Crippen LogP contribution in [0.5, 0.6) is 40.2 Å². The second kappa shape index (κ2) is 54.1. The Morgan fingerprint density at radius 3 is 1.05 bits per heavy atom. The highest BCUT2D eigenvalue weighted by Gasteiger charge is 2.21. The van der Waals surface area contributed by atoms with Gasteiger partial charge in [0.25, 0.3) is 0 Å². The van der Waals surface area contributed by atoms with Gasteiger partial charge in [-0.3, -0.25) is 4.99 Å². The van der Waals surface area contributed by atoms with E-state index in [1.165, 1.54) is 231 Å². The van der Waals surface area contributed by atoms with Gasteiger partial charge in [0.1, 0.15) is 22.9 Å². The van der Waals surface area contributed by atoms with Gasteiger partial charge in [-0.05, 0) is 129 Å². The third-order valence-corrected chi connectivity index (χ3v) is 19.5. The Labute approximate surface area is 612 Å².